The molecule has 8 heteroatoms. The van der Waals surface area contributed by atoms with E-state index in [1.54, 1.807) is 0 Å². The lowest BCUT2D eigenvalue weighted by molar-refractivity contribution is -0.139. The van der Waals surface area contributed by atoms with Gasteiger partial charge in [-0.3, -0.25) is 9.59 Å². The molecule has 0 aliphatic rings. The summed E-state index contributed by atoms with van der Waals surface area (Å²) in [5.41, 5.74) is 4.89. The van der Waals surface area contributed by atoms with E-state index in [0.717, 1.165) is 0 Å². The van der Waals surface area contributed by atoms with Crippen LogP contribution in [0.2, 0.25) is 0 Å². The molecule has 0 radical (unpaired) electrons. The highest BCUT2D eigenvalue weighted by molar-refractivity contribution is 5.92. The number of hydrogen-bond donors (Lipinski definition) is 3. The Morgan fingerprint density at radius 1 is 1.53 bits per heavy atom. The van der Waals surface area contributed by atoms with E-state index >= 15 is 0 Å². The van der Waals surface area contributed by atoms with Gasteiger partial charge in [0, 0.05) is 6.42 Å². The summed E-state index contributed by atoms with van der Waals surface area (Å²) in [5.74, 6) is -2.89. The number of rotatable bonds is 6. The second-order valence-corrected chi connectivity index (χ2v) is 3.21. The number of aromatic nitrogens is 1. The van der Waals surface area contributed by atoms with E-state index < -0.39 is 23.8 Å². The van der Waals surface area contributed by atoms with E-state index in [2.05, 4.69) is 10.3 Å². The molecule has 1 atom stereocenters. The molecule has 1 rings (SSSR count). The van der Waals surface area contributed by atoms with Gasteiger partial charge in [-0.1, -0.05) is 0 Å². The fourth-order valence-corrected chi connectivity index (χ4v) is 1.10. The molecule has 8 nitrogen and oxygen atoms in total. The second-order valence-electron chi connectivity index (χ2n) is 3.21. The SMILES string of the molecule is NC(=O)CC[C@H](NC(=O)c1ncco1)C(=O)O. The maximum Gasteiger partial charge on any atom is 0.326 e. The van der Waals surface area contributed by atoms with Crippen molar-refractivity contribution >= 4 is 17.8 Å². The van der Waals surface area contributed by atoms with Crippen LogP contribution in [0.3, 0.4) is 0 Å². The molecule has 92 valence electrons. The summed E-state index contributed by atoms with van der Waals surface area (Å²) in [6.45, 7) is 0. The Balaban J connectivity index is 2.58. The average Bonchev–Trinajstić information content (AvgIpc) is 2.76. The summed E-state index contributed by atoms with van der Waals surface area (Å²) in [4.78, 5) is 36.3. The Bertz CT molecular complexity index is 414. The van der Waals surface area contributed by atoms with E-state index in [1.807, 2.05) is 0 Å². The minimum atomic E-state index is -1.26. The van der Waals surface area contributed by atoms with Gasteiger partial charge in [0.2, 0.25) is 5.91 Å². The van der Waals surface area contributed by atoms with Crippen LogP contribution < -0.4 is 11.1 Å². The molecule has 17 heavy (non-hydrogen) atoms. The van der Waals surface area contributed by atoms with Crippen molar-refractivity contribution in [3.63, 3.8) is 0 Å². The molecule has 0 bridgehead atoms. The van der Waals surface area contributed by atoms with Gasteiger partial charge in [0.1, 0.15) is 12.3 Å². The van der Waals surface area contributed by atoms with Gasteiger partial charge in [-0.25, -0.2) is 9.78 Å². The number of carbonyl (C=O) groups is 3. The van der Waals surface area contributed by atoms with Crippen LogP contribution in [0.15, 0.2) is 16.9 Å². The summed E-state index contributed by atoms with van der Waals surface area (Å²) in [6, 6.07) is -1.21. The van der Waals surface area contributed by atoms with Crippen LogP contribution in [-0.2, 0) is 9.59 Å². The smallest absolute Gasteiger partial charge is 0.326 e. The molecule has 1 aromatic rings. The molecule has 0 aromatic carbocycles. The third-order valence-electron chi connectivity index (χ3n) is 1.91. The summed E-state index contributed by atoms with van der Waals surface area (Å²) < 4.78 is 4.69. The third-order valence-corrected chi connectivity index (χ3v) is 1.91. The van der Waals surface area contributed by atoms with E-state index in [9.17, 15) is 14.4 Å². The molecule has 1 aromatic heterocycles. The number of nitrogens with two attached hydrogens (primary N) is 1. The first kappa shape index (κ1) is 12.7. The highest BCUT2D eigenvalue weighted by atomic mass is 16.4. The van der Waals surface area contributed by atoms with Gasteiger partial charge in [-0.05, 0) is 6.42 Å². The van der Waals surface area contributed by atoms with Crippen molar-refractivity contribution in [2.45, 2.75) is 18.9 Å². The van der Waals surface area contributed by atoms with E-state index in [1.165, 1.54) is 12.5 Å². The standard InChI is InChI=1S/C9H11N3O5/c10-6(13)2-1-5(9(15)16)12-7(14)8-11-3-4-17-8/h3-5H,1-2H2,(H2,10,13)(H,12,14)(H,15,16)/t5-/m0/s1. The first-order valence-corrected chi connectivity index (χ1v) is 4.72. The fraction of sp³-hybridized carbons (Fsp3) is 0.333. The zero-order valence-electron chi connectivity index (χ0n) is 8.75. The number of carboxylic acid groups (broad SMARTS) is 1. The van der Waals surface area contributed by atoms with Crippen molar-refractivity contribution < 1.29 is 23.9 Å². The zero-order chi connectivity index (χ0) is 12.8. The Hall–Kier alpha value is -2.38. The van der Waals surface area contributed by atoms with Crippen LogP contribution in [0.1, 0.15) is 23.5 Å². The van der Waals surface area contributed by atoms with Gasteiger partial charge >= 0.3 is 11.9 Å². The Morgan fingerprint density at radius 2 is 2.24 bits per heavy atom. The number of oxazole rings is 1. The van der Waals surface area contributed by atoms with Crippen LogP contribution in [0.5, 0.6) is 0 Å². The molecular weight excluding hydrogens is 230 g/mol. The molecular formula is C9H11N3O5. The van der Waals surface area contributed by atoms with Crippen molar-refractivity contribution in [2.24, 2.45) is 5.73 Å². The van der Waals surface area contributed by atoms with E-state index in [-0.39, 0.29) is 18.7 Å². The van der Waals surface area contributed by atoms with Crippen molar-refractivity contribution in [1.29, 1.82) is 0 Å². The number of aliphatic carboxylic acids is 1. The second kappa shape index (κ2) is 5.64. The number of hydrogen-bond acceptors (Lipinski definition) is 5. The number of carboxylic acids is 1. The topological polar surface area (TPSA) is 136 Å². The molecule has 0 saturated heterocycles. The summed E-state index contributed by atoms with van der Waals surface area (Å²) in [5, 5.41) is 11.0. The van der Waals surface area contributed by atoms with E-state index in [4.69, 9.17) is 15.3 Å². The first-order valence-electron chi connectivity index (χ1n) is 4.72. The van der Waals surface area contributed by atoms with Crippen molar-refractivity contribution in [2.75, 3.05) is 0 Å². The van der Waals surface area contributed by atoms with Crippen LogP contribution in [0.25, 0.3) is 0 Å². The van der Waals surface area contributed by atoms with Crippen molar-refractivity contribution in [3.8, 4) is 0 Å². The summed E-state index contributed by atoms with van der Waals surface area (Å²) >= 11 is 0. The molecule has 1 heterocycles. The van der Waals surface area contributed by atoms with Gasteiger partial charge < -0.3 is 20.6 Å². The molecule has 4 N–H and O–H groups in total. The molecule has 0 aliphatic heterocycles. The lowest BCUT2D eigenvalue weighted by Crippen LogP contribution is -2.41. The Labute approximate surface area is 95.8 Å². The minimum Gasteiger partial charge on any atom is -0.480 e. The quantitative estimate of drug-likeness (QED) is 0.591. The molecule has 0 aliphatic carbocycles. The van der Waals surface area contributed by atoms with Crippen LogP contribution in [0.4, 0.5) is 0 Å². The predicted molar refractivity (Wildman–Crippen MR) is 53.8 cm³/mol. The molecule has 0 spiro atoms. The van der Waals surface area contributed by atoms with Crippen LogP contribution in [0, 0.1) is 0 Å². The number of nitrogens with zero attached hydrogens (tertiary/aromatic N) is 1. The van der Waals surface area contributed by atoms with Gasteiger partial charge in [0.15, 0.2) is 0 Å². The zero-order valence-corrected chi connectivity index (χ0v) is 8.75. The van der Waals surface area contributed by atoms with Gasteiger partial charge in [0.25, 0.3) is 5.89 Å². The molecule has 0 unspecified atom stereocenters. The largest absolute Gasteiger partial charge is 0.480 e. The number of primary amides is 1. The number of carbonyl (C=O) groups excluding carboxylic acids is 2. The van der Waals surface area contributed by atoms with Gasteiger partial charge in [-0.2, -0.15) is 0 Å². The maximum absolute atomic E-state index is 11.4. The minimum absolute atomic E-state index is 0.0862. The first-order chi connectivity index (χ1) is 8.00. The van der Waals surface area contributed by atoms with E-state index in [0.29, 0.717) is 0 Å². The van der Waals surface area contributed by atoms with Gasteiger partial charge in [-0.15, -0.1) is 0 Å². The lowest BCUT2D eigenvalue weighted by Gasteiger charge is -2.11. The average molecular weight is 241 g/mol. The number of nitrogens with one attached hydrogen (secondary N) is 1. The maximum atomic E-state index is 11.4. The molecule has 0 fully saturated rings. The Morgan fingerprint density at radius 3 is 2.71 bits per heavy atom. The predicted octanol–water partition coefficient (Wildman–Crippen LogP) is -0.877. The normalized spacial score (nSPS) is 11.8. The summed E-state index contributed by atoms with van der Waals surface area (Å²) in [7, 11) is 0. The van der Waals surface area contributed by atoms with Crippen LogP contribution in [-0.4, -0.2) is 33.9 Å². The highest BCUT2D eigenvalue weighted by Crippen LogP contribution is 2.00. The molecule has 2 amide bonds. The van der Waals surface area contributed by atoms with Crippen LogP contribution >= 0.6 is 0 Å². The van der Waals surface area contributed by atoms with Gasteiger partial charge in [0.05, 0.1) is 6.20 Å². The highest BCUT2D eigenvalue weighted by Gasteiger charge is 2.22. The van der Waals surface area contributed by atoms with Crippen molar-refractivity contribution in [3.05, 3.63) is 18.4 Å². The lowest BCUT2D eigenvalue weighted by atomic mass is 10.1. The monoisotopic (exact) mass is 241 g/mol. The number of amides is 2. The fourth-order valence-electron chi connectivity index (χ4n) is 1.10. The van der Waals surface area contributed by atoms with Crippen molar-refractivity contribution in [1.82, 2.24) is 10.3 Å². The summed E-state index contributed by atoms with van der Waals surface area (Å²) in [6.07, 6.45) is 2.22. The third kappa shape index (κ3) is 3.93. The Kier molecular flexibility index (Phi) is 4.21. The molecule has 0 saturated carbocycles.